The summed E-state index contributed by atoms with van der Waals surface area (Å²) >= 11 is 3.19. The molecule has 5 heteroatoms. The average molecular weight is 231 g/mol. The van der Waals surface area contributed by atoms with Crippen LogP contribution in [-0.2, 0) is 0 Å². The summed E-state index contributed by atoms with van der Waals surface area (Å²) in [6.45, 7) is 1.65. The van der Waals surface area contributed by atoms with Crippen LogP contribution in [0.4, 0.5) is 11.4 Å². The quantitative estimate of drug-likeness (QED) is 0.457. The number of nitrogens with two attached hydrogens (primary N) is 1. The fraction of sp³-hybridized carbons (Fsp3) is 0.143. The van der Waals surface area contributed by atoms with E-state index in [9.17, 15) is 10.1 Å². The van der Waals surface area contributed by atoms with Crippen LogP contribution >= 0.6 is 15.9 Å². The van der Waals surface area contributed by atoms with Gasteiger partial charge in [-0.15, -0.1) is 0 Å². The maximum absolute atomic E-state index is 10.5. The summed E-state index contributed by atoms with van der Waals surface area (Å²) in [5.74, 6) is 0. The van der Waals surface area contributed by atoms with Gasteiger partial charge in [-0.2, -0.15) is 0 Å². The maximum Gasteiger partial charge on any atom is 0.296 e. The smallest absolute Gasteiger partial charge is 0.296 e. The van der Waals surface area contributed by atoms with Crippen LogP contribution in [0.25, 0.3) is 0 Å². The highest BCUT2D eigenvalue weighted by Gasteiger charge is 2.16. The molecule has 0 radical (unpaired) electrons. The summed E-state index contributed by atoms with van der Waals surface area (Å²) in [6.07, 6.45) is 0. The molecular formula is C7H7BrN2O2. The van der Waals surface area contributed by atoms with E-state index in [1.165, 1.54) is 6.07 Å². The monoisotopic (exact) mass is 230 g/mol. The molecule has 0 bridgehead atoms. The topological polar surface area (TPSA) is 69.2 Å². The van der Waals surface area contributed by atoms with Gasteiger partial charge in [-0.05, 0) is 19.1 Å². The van der Waals surface area contributed by atoms with Gasteiger partial charge >= 0.3 is 0 Å². The molecule has 4 nitrogen and oxygen atoms in total. The molecule has 0 heterocycles. The highest BCUT2D eigenvalue weighted by molar-refractivity contribution is 9.10. The Hall–Kier alpha value is -1.10. The molecule has 0 amide bonds. The number of rotatable bonds is 1. The first kappa shape index (κ1) is 8.99. The number of nitro groups is 1. The minimum absolute atomic E-state index is 0.0237. The van der Waals surface area contributed by atoms with Gasteiger partial charge in [-0.1, -0.05) is 15.9 Å². The van der Waals surface area contributed by atoms with Crippen molar-refractivity contribution in [3.63, 3.8) is 0 Å². The van der Waals surface area contributed by atoms with Gasteiger partial charge in [0.25, 0.3) is 5.69 Å². The normalized spacial score (nSPS) is 9.83. The molecule has 0 saturated heterocycles. The fourth-order valence-corrected chi connectivity index (χ4v) is 1.26. The van der Waals surface area contributed by atoms with E-state index in [0.717, 1.165) is 0 Å². The Morgan fingerprint density at radius 3 is 2.58 bits per heavy atom. The minimum Gasteiger partial charge on any atom is -0.393 e. The van der Waals surface area contributed by atoms with Gasteiger partial charge in [-0.25, -0.2) is 0 Å². The third kappa shape index (κ3) is 1.40. The molecule has 0 saturated carbocycles. The van der Waals surface area contributed by atoms with E-state index in [1.54, 1.807) is 13.0 Å². The molecule has 1 aromatic carbocycles. The third-order valence-corrected chi connectivity index (χ3v) is 2.44. The lowest BCUT2D eigenvalue weighted by Gasteiger charge is -2.01. The van der Waals surface area contributed by atoms with E-state index in [4.69, 9.17) is 5.73 Å². The van der Waals surface area contributed by atoms with Crippen LogP contribution in [0.2, 0.25) is 0 Å². The maximum atomic E-state index is 10.5. The Morgan fingerprint density at radius 1 is 1.58 bits per heavy atom. The van der Waals surface area contributed by atoms with Crippen LogP contribution in [-0.4, -0.2) is 4.92 Å². The van der Waals surface area contributed by atoms with Crippen molar-refractivity contribution in [3.8, 4) is 0 Å². The molecule has 2 N–H and O–H groups in total. The van der Waals surface area contributed by atoms with Crippen molar-refractivity contribution in [2.45, 2.75) is 6.92 Å². The summed E-state index contributed by atoms with van der Waals surface area (Å²) in [4.78, 5) is 10.0. The number of anilines is 1. The fourth-order valence-electron chi connectivity index (χ4n) is 0.939. The molecule has 0 aliphatic rings. The van der Waals surface area contributed by atoms with Gasteiger partial charge in [0.15, 0.2) is 0 Å². The van der Waals surface area contributed by atoms with Crippen LogP contribution < -0.4 is 5.73 Å². The molecule has 0 fully saturated rings. The van der Waals surface area contributed by atoms with Crippen LogP contribution in [0.5, 0.6) is 0 Å². The summed E-state index contributed by atoms with van der Waals surface area (Å²) in [5.41, 5.74) is 6.16. The van der Waals surface area contributed by atoms with Crippen LogP contribution in [0.3, 0.4) is 0 Å². The van der Waals surface area contributed by atoms with Gasteiger partial charge in [0.1, 0.15) is 5.69 Å². The van der Waals surface area contributed by atoms with Gasteiger partial charge < -0.3 is 5.73 Å². The Morgan fingerprint density at radius 2 is 2.17 bits per heavy atom. The van der Waals surface area contributed by atoms with Crippen molar-refractivity contribution in [1.82, 2.24) is 0 Å². The number of nitro benzene ring substituents is 1. The van der Waals surface area contributed by atoms with E-state index in [1.807, 2.05) is 0 Å². The first-order valence-corrected chi connectivity index (χ1v) is 4.02. The molecule has 0 aromatic heterocycles. The van der Waals surface area contributed by atoms with Crippen molar-refractivity contribution in [2.75, 3.05) is 5.73 Å². The number of benzene rings is 1. The number of hydrogen-bond acceptors (Lipinski definition) is 3. The largest absolute Gasteiger partial charge is 0.393 e. The second-order valence-electron chi connectivity index (χ2n) is 2.37. The van der Waals surface area contributed by atoms with E-state index in [0.29, 0.717) is 10.0 Å². The van der Waals surface area contributed by atoms with Gasteiger partial charge in [0.2, 0.25) is 0 Å². The Labute approximate surface area is 77.7 Å². The van der Waals surface area contributed by atoms with Crippen molar-refractivity contribution < 1.29 is 4.92 Å². The molecule has 0 aliphatic carbocycles. The van der Waals surface area contributed by atoms with Gasteiger partial charge in [-0.3, -0.25) is 10.1 Å². The zero-order chi connectivity index (χ0) is 9.30. The molecule has 1 aromatic rings. The summed E-state index contributed by atoms with van der Waals surface area (Å²) in [7, 11) is 0. The van der Waals surface area contributed by atoms with Crippen LogP contribution in [0.1, 0.15) is 5.56 Å². The Kier molecular flexibility index (Phi) is 2.32. The third-order valence-electron chi connectivity index (χ3n) is 1.58. The SMILES string of the molecule is Cc1c(Br)ccc(N)c1[N+](=O)[O-]. The van der Waals surface area contributed by atoms with E-state index in [-0.39, 0.29) is 11.4 Å². The molecule has 0 unspecified atom stereocenters. The number of halogens is 1. The Bertz CT molecular complexity index is 338. The minimum atomic E-state index is -0.477. The van der Waals surface area contributed by atoms with E-state index < -0.39 is 4.92 Å². The van der Waals surface area contributed by atoms with E-state index >= 15 is 0 Å². The predicted octanol–water partition coefficient (Wildman–Crippen LogP) is 2.25. The van der Waals surface area contributed by atoms with Crippen molar-refractivity contribution in [3.05, 3.63) is 32.3 Å². The van der Waals surface area contributed by atoms with Crippen molar-refractivity contribution in [1.29, 1.82) is 0 Å². The van der Waals surface area contributed by atoms with Crippen LogP contribution in [0.15, 0.2) is 16.6 Å². The van der Waals surface area contributed by atoms with Crippen molar-refractivity contribution in [2.24, 2.45) is 0 Å². The highest BCUT2D eigenvalue weighted by atomic mass is 79.9. The lowest BCUT2D eigenvalue weighted by atomic mass is 10.2. The molecule has 0 aliphatic heterocycles. The molecule has 1 rings (SSSR count). The molecule has 0 atom stereocenters. The first-order valence-electron chi connectivity index (χ1n) is 3.23. The number of nitrogen functional groups attached to an aromatic ring is 1. The molecule has 12 heavy (non-hydrogen) atoms. The first-order chi connectivity index (χ1) is 5.54. The summed E-state index contributed by atoms with van der Waals surface area (Å²) in [5, 5.41) is 10.5. The lowest BCUT2D eigenvalue weighted by Crippen LogP contribution is -1.98. The van der Waals surface area contributed by atoms with Gasteiger partial charge in [0.05, 0.1) is 4.92 Å². The Balaban J connectivity index is 3.43. The van der Waals surface area contributed by atoms with Crippen LogP contribution in [0, 0.1) is 17.0 Å². The zero-order valence-electron chi connectivity index (χ0n) is 6.37. The predicted molar refractivity (Wildman–Crippen MR) is 49.9 cm³/mol. The average Bonchev–Trinajstić information content (AvgIpc) is 1.97. The number of nitrogens with zero attached hydrogens (tertiary/aromatic N) is 1. The van der Waals surface area contributed by atoms with E-state index in [2.05, 4.69) is 15.9 Å². The summed E-state index contributed by atoms with van der Waals surface area (Å²) < 4.78 is 0.698. The lowest BCUT2D eigenvalue weighted by molar-refractivity contribution is -0.384. The molecular weight excluding hydrogens is 224 g/mol. The van der Waals surface area contributed by atoms with Crippen molar-refractivity contribution >= 4 is 27.3 Å². The highest BCUT2D eigenvalue weighted by Crippen LogP contribution is 2.30. The second kappa shape index (κ2) is 3.10. The summed E-state index contributed by atoms with van der Waals surface area (Å²) in [6, 6.07) is 3.20. The van der Waals surface area contributed by atoms with Gasteiger partial charge in [0, 0.05) is 10.0 Å². The zero-order valence-corrected chi connectivity index (χ0v) is 7.96. The number of hydrogen-bond donors (Lipinski definition) is 1. The molecule has 0 spiro atoms. The second-order valence-corrected chi connectivity index (χ2v) is 3.22. The molecule has 64 valence electrons. The standard InChI is InChI=1S/C7H7BrN2O2/c1-4-5(8)2-3-6(9)7(4)10(11)12/h2-3H,9H2,1H3.